The van der Waals surface area contributed by atoms with Crippen molar-refractivity contribution < 1.29 is 14.8 Å². The lowest BCUT2D eigenvalue weighted by Gasteiger charge is -2.26. The van der Waals surface area contributed by atoms with Gasteiger partial charge in [0, 0.05) is 12.6 Å². The van der Waals surface area contributed by atoms with E-state index in [4.69, 9.17) is 5.73 Å². The van der Waals surface area contributed by atoms with E-state index >= 15 is 0 Å². The van der Waals surface area contributed by atoms with Crippen molar-refractivity contribution in [1.29, 1.82) is 0 Å². The van der Waals surface area contributed by atoms with E-state index in [1.54, 1.807) is 0 Å². The molecule has 0 radical (unpaired) electrons. The van der Waals surface area contributed by atoms with Crippen molar-refractivity contribution in [3.8, 4) is 0 Å². The summed E-state index contributed by atoms with van der Waals surface area (Å²) in [6.45, 7) is 0.133. The van der Waals surface area contributed by atoms with Crippen LogP contribution in [0.3, 0.4) is 0 Å². The van der Waals surface area contributed by atoms with E-state index in [9.17, 15) is 20.0 Å². The van der Waals surface area contributed by atoms with Crippen LogP contribution in [0.1, 0.15) is 48.9 Å². The van der Waals surface area contributed by atoms with E-state index in [1.165, 1.54) is 18.2 Å². The van der Waals surface area contributed by atoms with Gasteiger partial charge in [0.05, 0.1) is 16.1 Å². The minimum atomic E-state index is -0.901. The Balaban J connectivity index is 2.06. The number of carbonyl (C=O) groups is 1. The van der Waals surface area contributed by atoms with Gasteiger partial charge in [-0.15, -0.1) is 0 Å². The van der Waals surface area contributed by atoms with E-state index in [-0.39, 0.29) is 23.5 Å². The molecule has 1 fully saturated rings. The predicted octanol–water partition coefficient (Wildman–Crippen LogP) is 1.99. The van der Waals surface area contributed by atoms with Crippen molar-refractivity contribution in [2.24, 2.45) is 0 Å². The zero-order valence-corrected chi connectivity index (χ0v) is 12.4. The minimum Gasteiger partial charge on any atom is -0.393 e. The summed E-state index contributed by atoms with van der Waals surface area (Å²) in [6, 6.07) is 4.11. The van der Waals surface area contributed by atoms with E-state index < -0.39 is 16.4 Å². The molecule has 0 spiro atoms. The average Bonchev–Trinajstić information content (AvgIpc) is 2.70. The average molecular weight is 307 g/mol. The Morgan fingerprint density at radius 2 is 1.95 bits per heavy atom. The maximum atomic E-state index is 12.2. The zero-order chi connectivity index (χ0) is 16.2. The number of amides is 1. The van der Waals surface area contributed by atoms with Gasteiger partial charge in [0.1, 0.15) is 5.69 Å². The fourth-order valence-corrected chi connectivity index (χ4v) is 2.81. The van der Waals surface area contributed by atoms with Crippen molar-refractivity contribution >= 4 is 17.3 Å². The number of nitrogens with zero attached hydrogens (tertiary/aromatic N) is 1. The molecular weight excluding hydrogens is 286 g/mol. The standard InChI is InChI=1S/C15H21N3O4/c16-13-11(6-5-7-12(13)18(21)22)14(19)17-10-15(20)8-3-1-2-4-9-15/h5-7,20H,1-4,8-10,16H2,(H,17,19). The van der Waals surface area contributed by atoms with Crippen molar-refractivity contribution in [2.45, 2.75) is 44.1 Å². The summed E-state index contributed by atoms with van der Waals surface area (Å²) in [5.74, 6) is -0.501. The molecule has 7 nitrogen and oxygen atoms in total. The summed E-state index contributed by atoms with van der Waals surface area (Å²) in [6.07, 6.45) is 5.36. The van der Waals surface area contributed by atoms with Crippen LogP contribution >= 0.6 is 0 Å². The molecule has 1 aliphatic rings. The lowest BCUT2D eigenvalue weighted by Crippen LogP contribution is -2.42. The fraction of sp³-hybridized carbons (Fsp3) is 0.533. The maximum absolute atomic E-state index is 12.2. The van der Waals surface area contributed by atoms with Crippen molar-refractivity contribution in [2.75, 3.05) is 12.3 Å². The van der Waals surface area contributed by atoms with Gasteiger partial charge in [-0.25, -0.2) is 0 Å². The summed E-state index contributed by atoms with van der Waals surface area (Å²) in [7, 11) is 0. The number of hydrogen-bond donors (Lipinski definition) is 3. The number of benzene rings is 1. The molecule has 0 saturated heterocycles. The monoisotopic (exact) mass is 307 g/mol. The Morgan fingerprint density at radius 3 is 2.55 bits per heavy atom. The van der Waals surface area contributed by atoms with Crippen LogP contribution < -0.4 is 11.1 Å². The lowest BCUT2D eigenvalue weighted by atomic mass is 9.94. The number of rotatable bonds is 4. The summed E-state index contributed by atoms with van der Waals surface area (Å²) >= 11 is 0. The first kappa shape index (κ1) is 16.2. The molecule has 0 heterocycles. The van der Waals surface area contributed by atoms with Gasteiger partial charge in [0.2, 0.25) is 0 Å². The van der Waals surface area contributed by atoms with Crippen LogP contribution in [0.5, 0.6) is 0 Å². The third kappa shape index (κ3) is 3.73. The van der Waals surface area contributed by atoms with Gasteiger partial charge in [0.25, 0.3) is 11.6 Å². The Bertz CT molecular complexity index is 566. The molecule has 1 aliphatic carbocycles. The molecule has 120 valence electrons. The number of anilines is 1. The molecule has 4 N–H and O–H groups in total. The van der Waals surface area contributed by atoms with Crippen molar-refractivity contribution in [3.05, 3.63) is 33.9 Å². The molecule has 0 aromatic heterocycles. The number of nitrogens with one attached hydrogen (secondary N) is 1. The van der Waals surface area contributed by atoms with E-state index in [1.807, 2.05) is 0 Å². The number of nitro groups is 1. The molecule has 7 heteroatoms. The Morgan fingerprint density at radius 1 is 1.32 bits per heavy atom. The van der Waals surface area contributed by atoms with Crippen LogP contribution in [0, 0.1) is 10.1 Å². The highest BCUT2D eigenvalue weighted by Crippen LogP contribution is 2.27. The third-order valence-electron chi connectivity index (χ3n) is 4.14. The van der Waals surface area contributed by atoms with Crippen LogP contribution in [0.2, 0.25) is 0 Å². The predicted molar refractivity (Wildman–Crippen MR) is 82.5 cm³/mol. The van der Waals surface area contributed by atoms with E-state index in [0.29, 0.717) is 12.8 Å². The number of nitrogen functional groups attached to an aromatic ring is 1. The van der Waals surface area contributed by atoms with Crippen molar-refractivity contribution in [3.63, 3.8) is 0 Å². The summed E-state index contributed by atoms with van der Waals surface area (Å²) in [5.41, 5.74) is 4.40. The highest BCUT2D eigenvalue weighted by molar-refractivity contribution is 6.01. The fourth-order valence-electron chi connectivity index (χ4n) is 2.81. The van der Waals surface area contributed by atoms with Gasteiger partial charge in [-0.05, 0) is 18.9 Å². The number of nitrogens with two attached hydrogens (primary N) is 1. The number of aliphatic hydroxyl groups is 1. The molecule has 0 aliphatic heterocycles. The second-order valence-electron chi connectivity index (χ2n) is 5.82. The van der Waals surface area contributed by atoms with Gasteiger partial charge in [-0.2, -0.15) is 0 Å². The number of para-hydroxylation sites is 1. The Labute approximate surface area is 128 Å². The molecule has 2 rings (SSSR count). The number of hydrogen-bond acceptors (Lipinski definition) is 5. The van der Waals surface area contributed by atoms with Crippen molar-refractivity contribution in [1.82, 2.24) is 5.32 Å². The highest BCUT2D eigenvalue weighted by atomic mass is 16.6. The second-order valence-corrected chi connectivity index (χ2v) is 5.82. The first-order valence-electron chi connectivity index (χ1n) is 7.46. The first-order valence-corrected chi connectivity index (χ1v) is 7.46. The Hall–Kier alpha value is -2.15. The maximum Gasteiger partial charge on any atom is 0.292 e. The van der Waals surface area contributed by atoms with Crippen LogP contribution in [0.4, 0.5) is 11.4 Å². The number of carbonyl (C=O) groups excluding carboxylic acids is 1. The molecule has 0 bridgehead atoms. The van der Waals surface area contributed by atoms with Gasteiger partial charge in [0.15, 0.2) is 0 Å². The smallest absolute Gasteiger partial charge is 0.292 e. The minimum absolute atomic E-state index is 0.0615. The molecule has 1 aromatic carbocycles. The highest BCUT2D eigenvalue weighted by Gasteiger charge is 2.29. The number of nitro benzene ring substituents is 1. The van der Waals surface area contributed by atoms with E-state index in [0.717, 1.165) is 25.7 Å². The van der Waals surface area contributed by atoms with Crippen LogP contribution in [-0.2, 0) is 0 Å². The molecule has 0 atom stereocenters. The summed E-state index contributed by atoms with van der Waals surface area (Å²) < 4.78 is 0. The largest absolute Gasteiger partial charge is 0.393 e. The molecule has 1 saturated carbocycles. The van der Waals surface area contributed by atoms with Gasteiger partial charge < -0.3 is 16.2 Å². The topological polar surface area (TPSA) is 118 Å². The summed E-state index contributed by atoms with van der Waals surface area (Å²) in [5, 5.41) is 24.0. The third-order valence-corrected chi connectivity index (χ3v) is 4.14. The zero-order valence-electron chi connectivity index (χ0n) is 12.4. The normalized spacial score (nSPS) is 17.5. The molecule has 1 amide bonds. The molecule has 0 unspecified atom stereocenters. The van der Waals surface area contributed by atoms with Gasteiger partial charge in [-0.3, -0.25) is 14.9 Å². The van der Waals surface area contributed by atoms with Gasteiger partial charge in [-0.1, -0.05) is 31.7 Å². The van der Waals surface area contributed by atoms with Crippen LogP contribution in [0.15, 0.2) is 18.2 Å². The van der Waals surface area contributed by atoms with Crippen LogP contribution in [-0.4, -0.2) is 28.1 Å². The second kappa shape index (κ2) is 6.74. The van der Waals surface area contributed by atoms with Gasteiger partial charge >= 0.3 is 0 Å². The molecular formula is C15H21N3O4. The Kier molecular flexibility index (Phi) is 4.97. The van der Waals surface area contributed by atoms with Crippen LogP contribution in [0.25, 0.3) is 0 Å². The SMILES string of the molecule is Nc1c(C(=O)NCC2(O)CCCCCC2)cccc1[N+](=O)[O-]. The summed E-state index contributed by atoms with van der Waals surface area (Å²) in [4.78, 5) is 22.4. The van der Waals surface area contributed by atoms with E-state index in [2.05, 4.69) is 5.32 Å². The quantitative estimate of drug-likeness (QED) is 0.340. The molecule has 1 aromatic rings. The molecule has 22 heavy (non-hydrogen) atoms. The first-order chi connectivity index (χ1) is 10.4. The lowest BCUT2D eigenvalue weighted by molar-refractivity contribution is -0.383.